The number of carboxylic acid groups (broad SMARTS) is 1. The van der Waals surface area contributed by atoms with Gasteiger partial charge in [0.25, 0.3) is 11.6 Å². The van der Waals surface area contributed by atoms with E-state index in [0.717, 1.165) is 17.3 Å². The Morgan fingerprint density at radius 3 is 2.77 bits per heavy atom. The number of aromatic nitrogens is 5. The van der Waals surface area contributed by atoms with Crippen LogP contribution in [-0.4, -0.2) is 87.7 Å². The summed E-state index contributed by atoms with van der Waals surface area (Å²) in [5.74, 6) is -2.73. The molecular formula is C18H19N7O7S3. The molecule has 2 aliphatic rings. The SMILES string of the molecule is CO[C@@]1(NC(=O)CS(=O)c2cc[n+]([O-])cc2)C(=O)N2C(C(=O)O)=C(CSc3nnnn3C)CS[C@H]21. The largest absolute Gasteiger partial charge is 0.619 e. The predicted octanol–water partition coefficient (Wildman–Crippen LogP) is -1.54. The van der Waals surface area contributed by atoms with Crippen LogP contribution in [0.3, 0.4) is 0 Å². The quantitative estimate of drug-likeness (QED) is 0.123. The first kappa shape index (κ1) is 25.1. The number of thioether (sulfide) groups is 2. The molecule has 0 aliphatic carbocycles. The molecule has 14 nitrogen and oxygen atoms in total. The van der Waals surface area contributed by atoms with Crippen molar-refractivity contribution < 1.29 is 33.2 Å². The van der Waals surface area contributed by atoms with Gasteiger partial charge in [-0.25, -0.2) is 9.48 Å². The molecule has 2 aromatic rings. The molecule has 4 heterocycles. The van der Waals surface area contributed by atoms with Crippen LogP contribution in [0.15, 0.2) is 45.8 Å². The Labute approximate surface area is 209 Å². The van der Waals surface area contributed by atoms with Crippen LogP contribution >= 0.6 is 23.5 Å². The van der Waals surface area contributed by atoms with Gasteiger partial charge in [0.05, 0.1) is 15.7 Å². The molecule has 4 rings (SSSR count). The fourth-order valence-electron chi connectivity index (χ4n) is 3.55. The van der Waals surface area contributed by atoms with E-state index < -0.39 is 45.4 Å². The van der Waals surface area contributed by atoms with Crippen LogP contribution < -0.4 is 10.0 Å². The van der Waals surface area contributed by atoms with Gasteiger partial charge >= 0.3 is 5.97 Å². The minimum absolute atomic E-state index is 0.179. The molecule has 186 valence electrons. The maximum Gasteiger partial charge on any atom is 0.352 e. The first-order chi connectivity index (χ1) is 16.7. The summed E-state index contributed by atoms with van der Waals surface area (Å²) in [6.45, 7) is 0. The zero-order valence-electron chi connectivity index (χ0n) is 18.3. The number of pyridine rings is 1. The third kappa shape index (κ3) is 4.63. The number of nitrogens with one attached hydrogen (secondary N) is 1. The molecule has 35 heavy (non-hydrogen) atoms. The van der Waals surface area contributed by atoms with Crippen LogP contribution in [0.25, 0.3) is 0 Å². The Kier molecular flexibility index (Phi) is 7.11. The number of hydrogen-bond acceptors (Lipinski definition) is 11. The lowest BCUT2D eigenvalue weighted by Gasteiger charge is -2.55. The number of rotatable bonds is 9. The van der Waals surface area contributed by atoms with E-state index in [1.807, 2.05) is 0 Å². The van der Waals surface area contributed by atoms with E-state index >= 15 is 0 Å². The van der Waals surface area contributed by atoms with Crippen LogP contribution in [0, 0.1) is 5.21 Å². The van der Waals surface area contributed by atoms with Crippen molar-refractivity contribution in [2.75, 3.05) is 24.4 Å². The van der Waals surface area contributed by atoms with Crippen LogP contribution in [0.1, 0.15) is 0 Å². The average molecular weight is 542 g/mol. The summed E-state index contributed by atoms with van der Waals surface area (Å²) in [6.07, 6.45) is 2.31. The maximum atomic E-state index is 13.1. The lowest BCUT2D eigenvalue weighted by molar-refractivity contribution is -0.605. The van der Waals surface area contributed by atoms with Gasteiger partial charge in [-0.05, 0) is 16.0 Å². The fourth-order valence-corrected chi connectivity index (χ4v) is 6.88. The number of ether oxygens (including phenoxy) is 1. The Hall–Kier alpha value is -3.02. The average Bonchev–Trinajstić information content (AvgIpc) is 3.25. The van der Waals surface area contributed by atoms with Gasteiger partial charge < -0.3 is 20.4 Å². The van der Waals surface area contributed by atoms with Gasteiger partial charge in [-0.3, -0.25) is 18.7 Å². The van der Waals surface area contributed by atoms with E-state index in [4.69, 9.17) is 4.74 Å². The summed E-state index contributed by atoms with van der Waals surface area (Å²) in [5, 5.41) is 34.2. The topological polar surface area (TPSA) is 184 Å². The smallest absolute Gasteiger partial charge is 0.352 e. The molecule has 0 radical (unpaired) electrons. The normalized spacial score (nSPS) is 22.4. The Morgan fingerprint density at radius 2 is 2.17 bits per heavy atom. The molecular weight excluding hydrogens is 522 g/mol. The van der Waals surface area contributed by atoms with Crippen LogP contribution in [0.2, 0.25) is 0 Å². The van der Waals surface area contributed by atoms with Crippen molar-refractivity contribution in [1.82, 2.24) is 30.4 Å². The lowest BCUT2D eigenvalue weighted by Crippen LogP contribution is -2.80. The molecule has 1 unspecified atom stereocenters. The van der Waals surface area contributed by atoms with E-state index in [9.17, 15) is 28.9 Å². The van der Waals surface area contributed by atoms with Gasteiger partial charge in [-0.15, -0.1) is 16.9 Å². The van der Waals surface area contributed by atoms with Gasteiger partial charge in [0.2, 0.25) is 11.1 Å². The van der Waals surface area contributed by atoms with Crippen molar-refractivity contribution in [1.29, 1.82) is 0 Å². The number of fused-ring (bicyclic) bond motifs is 1. The number of β-lactam (4-membered cyclic amide) rings is 1. The molecule has 0 spiro atoms. The highest BCUT2D eigenvalue weighted by molar-refractivity contribution is 8.01. The van der Waals surface area contributed by atoms with Crippen molar-refractivity contribution in [3.05, 3.63) is 41.0 Å². The number of amides is 2. The molecule has 2 aromatic heterocycles. The van der Waals surface area contributed by atoms with Crippen molar-refractivity contribution >= 4 is 52.1 Å². The number of carbonyl (C=O) groups excluding carboxylic acids is 2. The minimum atomic E-state index is -1.80. The Balaban J connectivity index is 1.49. The second-order valence-electron chi connectivity index (χ2n) is 7.34. The lowest BCUT2D eigenvalue weighted by atomic mass is 9.98. The number of aliphatic carboxylic acids is 1. The Morgan fingerprint density at radius 1 is 1.46 bits per heavy atom. The zero-order valence-corrected chi connectivity index (χ0v) is 20.8. The van der Waals surface area contributed by atoms with E-state index in [1.165, 1.54) is 47.4 Å². The van der Waals surface area contributed by atoms with Gasteiger partial charge in [0.1, 0.15) is 16.8 Å². The molecule has 0 bridgehead atoms. The number of tetrazole rings is 1. The highest BCUT2D eigenvalue weighted by atomic mass is 32.2. The molecule has 17 heteroatoms. The number of hydrogen-bond donors (Lipinski definition) is 2. The molecule has 3 atom stereocenters. The van der Waals surface area contributed by atoms with Gasteiger partial charge in [-0.2, -0.15) is 4.73 Å². The number of carbonyl (C=O) groups is 3. The molecule has 2 aliphatic heterocycles. The van der Waals surface area contributed by atoms with Crippen LogP contribution in [0.4, 0.5) is 0 Å². The van der Waals surface area contributed by atoms with Crippen molar-refractivity contribution in [3.8, 4) is 0 Å². The molecule has 0 saturated carbocycles. The monoisotopic (exact) mass is 541 g/mol. The van der Waals surface area contributed by atoms with E-state index in [1.54, 1.807) is 7.05 Å². The Bertz CT molecular complexity index is 1240. The number of methoxy groups -OCH3 is 1. The van der Waals surface area contributed by atoms with E-state index in [-0.39, 0.29) is 22.1 Å². The second kappa shape index (κ2) is 9.92. The molecule has 1 fully saturated rings. The molecule has 2 N–H and O–H groups in total. The number of nitrogens with zero attached hydrogens (tertiary/aromatic N) is 6. The van der Waals surface area contributed by atoms with Crippen molar-refractivity contribution in [2.24, 2.45) is 7.05 Å². The molecule has 1 saturated heterocycles. The van der Waals surface area contributed by atoms with E-state index in [2.05, 4.69) is 20.8 Å². The number of aryl methyl sites for hydroxylation is 1. The third-order valence-electron chi connectivity index (χ3n) is 5.21. The summed E-state index contributed by atoms with van der Waals surface area (Å²) in [6, 6.07) is 2.66. The van der Waals surface area contributed by atoms with Crippen molar-refractivity contribution in [2.45, 2.75) is 21.2 Å². The molecule has 2 amide bonds. The van der Waals surface area contributed by atoms with Crippen molar-refractivity contribution in [3.63, 3.8) is 0 Å². The zero-order chi connectivity index (χ0) is 25.3. The number of carboxylic acids is 1. The first-order valence-corrected chi connectivity index (χ1v) is 13.2. The second-order valence-corrected chi connectivity index (χ2v) is 10.8. The summed E-state index contributed by atoms with van der Waals surface area (Å²) in [5.41, 5.74) is -1.48. The highest BCUT2D eigenvalue weighted by Gasteiger charge is 2.66. The van der Waals surface area contributed by atoms with Gasteiger partial charge in [0, 0.05) is 37.8 Å². The van der Waals surface area contributed by atoms with Crippen LogP contribution in [0.5, 0.6) is 0 Å². The summed E-state index contributed by atoms with van der Waals surface area (Å²) >= 11 is 2.47. The highest BCUT2D eigenvalue weighted by Crippen LogP contribution is 2.47. The fraction of sp³-hybridized carbons (Fsp3) is 0.389. The summed E-state index contributed by atoms with van der Waals surface area (Å²) in [7, 11) is 1.11. The van der Waals surface area contributed by atoms with Gasteiger partial charge in [-0.1, -0.05) is 11.8 Å². The van der Waals surface area contributed by atoms with E-state index in [0.29, 0.717) is 15.5 Å². The summed E-state index contributed by atoms with van der Waals surface area (Å²) < 4.78 is 19.8. The third-order valence-corrected chi connectivity index (χ3v) is 9.01. The maximum absolute atomic E-state index is 13.1. The van der Waals surface area contributed by atoms with Gasteiger partial charge in [0.15, 0.2) is 12.4 Å². The first-order valence-electron chi connectivity index (χ1n) is 9.87. The van der Waals surface area contributed by atoms with Crippen LogP contribution in [-0.2, 0) is 37.0 Å². The minimum Gasteiger partial charge on any atom is -0.619 e. The predicted molar refractivity (Wildman–Crippen MR) is 122 cm³/mol. The standard InChI is InChI=1S/C18H19N7O7S3/c1-23-17(20-21-22-23)34-8-10-7-33-16-18(32-2,15(29)25(16)13(10)14(27)28)19-12(26)9-35(31)11-3-5-24(30)6-4-11/h3-6,16H,7-9H2,1-2H3,(H,19,26)(H,27,28)/t16-,18-,35?/m0/s1. The molecule has 0 aromatic carbocycles. The summed E-state index contributed by atoms with van der Waals surface area (Å²) in [4.78, 5) is 39.2.